The second-order valence-corrected chi connectivity index (χ2v) is 5.60. The molecule has 3 rings (SSSR count). The van der Waals surface area contributed by atoms with Crippen LogP contribution < -0.4 is 9.47 Å². The van der Waals surface area contributed by atoms with Gasteiger partial charge in [0.05, 0.1) is 13.3 Å². The van der Waals surface area contributed by atoms with Crippen molar-refractivity contribution in [3.8, 4) is 23.0 Å². The lowest BCUT2D eigenvalue weighted by atomic mass is 10.2. The van der Waals surface area contributed by atoms with Crippen LogP contribution in [0.4, 0.5) is 0 Å². The first-order valence-electron chi connectivity index (χ1n) is 7.56. The summed E-state index contributed by atoms with van der Waals surface area (Å²) in [5, 5.41) is 30.1. The molecule has 134 valence electrons. The molecule has 0 spiro atoms. The van der Waals surface area contributed by atoms with Gasteiger partial charge in [0, 0.05) is 17.7 Å². The molecular weight excluding hydrogens is 356 g/mol. The van der Waals surface area contributed by atoms with E-state index < -0.39 is 0 Å². The Labute approximate surface area is 154 Å². The maximum absolute atomic E-state index is 9.81. The number of aromatic amines is 1. The van der Waals surface area contributed by atoms with Gasteiger partial charge in [-0.2, -0.15) is 14.9 Å². The standard InChI is InChI=1S/C17H16N4O4S/c1-24-13-3-2-4-14(8-13)25-10-16-19-20-17(26)21(16)18-9-11-5-6-12(22)7-15(11)23/h2-9,22-23H,10H2,1H3,(H,20,26)/b18-9+. The first kappa shape index (κ1) is 17.5. The van der Waals surface area contributed by atoms with Crippen molar-refractivity contribution >= 4 is 18.4 Å². The minimum Gasteiger partial charge on any atom is -0.508 e. The number of nitrogens with zero attached hydrogens (tertiary/aromatic N) is 3. The number of benzene rings is 2. The van der Waals surface area contributed by atoms with Crippen LogP contribution in [-0.4, -0.2) is 38.4 Å². The fraction of sp³-hybridized carbons (Fsp3) is 0.118. The molecule has 8 nitrogen and oxygen atoms in total. The minimum atomic E-state index is -0.0991. The molecule has 0 aliphatic heterocycles. The topological polar surface area (TPSA) is 105 Å². The molecule has 0 aliphatic rings. The van der Waals surface area contributed by atoms with Gasteiger partial charge < -0.3 is 19.7 Å². The molecule has 0 saturated carbocycles. The Balaban J connectivity index is 1.78. The lowest BCUT2D eigenvalue weighted by Crippen LogP contribution is -2.04. The highest BCUT2D eigenvalue weighted by molar-refractivity contribution is 7.71. The lowest BCUT2D eigenvalue weighted by Gasteiger charge is -2.07. The highest BCUT2D eigenvalue weighted by Crippen LogP contribution is 2.21. The number of phenolic OH excluding ortho intramolecular Hbond substituents is 2. The van der Waals surface area contributed by atoms with Gasteiger partial charge in [-0.15, -0.1) is 0 Å². The zero-order valence-electron chi connectivity index (χ0n) is 13.8. The molecule has 9 heteroatoms. The van der Waals surface area contributed by atoms with Gasteiger partial charge in [0.2, 0.25) is 4.77 Å². The first-order valence-corrected chi connectivity index (χ1v) is 7.97. The number of H-pyrrole nitrogens is 1. The van der Waals surface area contributed by atoms with Crippen LogP contribution in [0.1, 0.15) is 11.4 Å². The van der Waals surface area contributed by atoms with Gasteiger partial charge in [0.15, 0.2) is 5.82 Å². The van der Waals surface area contributed by atoms with Crippen LogP contribution in [0, 0.1) is 4.77 Å². The predicted molar refractivity (Wildman–Crippen MR) is 97.5 cm³/mol. The van der Waals surface area contributed by atoms with Gasteiger partial charge in [-0.05, 0) is 36.5 Å². The monoisotopic (exact) mass is 372 g/mol. The molecule has 26 heavy (non-hydrogen) atoms. The summed E-state index contributed by atoms with van der Waals surface area (Å²) in [6.45, 7) is 0.124. The molecule has 3 N–H and O–H groups in total. The van der Waals surface area contributed by atoms with Crippen molar-refractivity contribution in [2.45, 2.75) is 6.61 Å². The maximum Gasteiger partial charge on any atom is 0.216 e. The van der Waals surface area contributed by atoms with Crippen LogP contribution in [0.3, 0.4) is 0 Å². The highest BCUT2D eigenvalue weighted by atomic mass is 32.1. The summed E-state index contributed by atoms with van der Waals surface area (Å²) < 4.78 is 12.5. The third-order valence-corrected chi connectivity index (χ3v) is 3.72. The highest BCUT2D eigenvalue weighted by Gasteiger charge is 2.07. The first-order chi connectivity index (χ1) is 12.6. The molecule has 2 aromatic carbocycles. The maximum atomic E-state index is 9.81. The van der Waals surface area contributed by atoms with E-state index in [0.717, 1.165) is 0 Å². The van der Waals surface area contributed by atoms with Crippen molar-refractivity contribution in [1.82, 2.24) is 14.9 Å². The Bertz CT molecular complexity index is 996. The van der Waals surface area contributed by atoms with Crippen LogP contribution in [0.15, 0.2) is 47.6 Å². The molecular formula is C17H16N4O4S. The van der Waals surface area contributed by atoms with Gasteiger partial charge >= 0.3 is 0 Å². The van der Waals surface area contributed by atoms with E-state index in [0.29, 0.717) is 22.9 Å². The summed E-state index contributed by atoms with van der Waals surface area (Å²) >= 11 is 5.17. The van der Waals surface area contributed by atoms with Gasteiger partial charge in [-0.25, -0.2) is 5.10 Å². The van der Waals surface area contributed by atoms with Crippen molar-refractivity contribution in [1.29, 1.82) is 0 Å². The van der Waals surface area contributed by atoms with E-state index in [2.05, 4.69) is 15.3 Å². The average Bonchev–Trinajstić information content (AvgIpc) is 2.99. The van der Waals surface area contributed by atoms with Crippen molar-refractivity contribution in [3.63, 3.8) is 0 Å². The third-order valence-electron chi connectivity index (χ3n) is 3.45. The van der Waals surface area contributed by atoms with Crippen LogP contribution in [0.5, 0.6) is 23.0 Å². The van der Waals surface area contributed by atoms with E-state index in [4.69, 9.17) is 21.7 Å². The molecule has 0 radical (unpaired) electrons. The number of hydrogen-bond acceptors (Lipinski definition) is 7. The Hall–Kier alpha value is -3.33. The Morgan fingerprint density at radius 2 is 2.04 bits per heavy atom. The van der Waals surface area contributed by atoms with E-state index >= 15 is 0 Å². The summed E-state index contributed by atoms with van der Waals surface area (Å²) in [5.74, 6) is 1.62. The normalized spacial score (nSPS) is 11.0. The zero-order valence-corrected chi connectivity index (χ0v) is 14.6. The largest absolute Gasteiger partial charge is 0.508 e. The summed E-state index contributed by atoms with van der Waals surface area (Å²) in [6.07, 6.45) is 1.41. The van der Waals surface area contributed by atoms with Crippen LogP contribution in [0.2, 0.25) is 0 Å². The Morgan fingerprint density at radius 1 is 1.23 bits per heavy atom. The van der Waals surface area contributed by atoms with Gasteiger partial charge in [0.1, 0.15) is 29.6 Å². The van der Waals surface area contributed by atoms with Gasteiger partial charge in [0.25, 0.3) is 0 Å². The fourth-order valence-corrected chi connectivity index (χ4v) is 2.33. The van der Waals surface area contributed by atoms with Crippen LogP contribution in [-0.2, 0) is 6.61 Å². The lowest BCUT2D eigenvalue weighted by molar-refractivity contribution is 0.288. The van der Waals surface area contributed by atoms with E-state index in [1.165, 1.54) is 29.1 Å². The Morgan fingerprint density at radius 3 is 2.81 bits per heavy atom. The number of nitrogens with one attached hydrogen (secondary N) is 1. The van der Waals surface area contributed by atoms with Crippen molar-refractivity contribution in [3.05, 3.63) is 58.6 Å². The number of rotatable bonds is 6. The number of aromatic hydroxyl groups is 2. The molecule has 0 saturated heterocycles. The number of ether oxygens (including phenoxy) is 2. The zero-order chi connectivity index (χ0) is 18.5. The molecule has 0 unspecified atom stereocenters. The van der Waals surface area contributed by atoms with Crippen molar-refractivity contribution in [2.24, 2.45) is 5.10 Å². The molecule has 1 aromatic heterocycles. The Kier molecular flexibility index (Phi) is 5.18. The molecule has 1 heterocycles. The second-order valence-electron chi connectivity index (χ2n) is 5.21. The fourth-order valence-electron chi connectivity index (χ4n) is 2.14. The summed E-state index contributed by atoms with van der Waals surface area (Å²) in [6, 6.07) is 11.4. The molecule has 0 bridgehead atoms. The summed E-state index contributed by atoms with van der Waals surface area (Å²) in [4.78, 5) is 0. The SMILES string of the molecule is COc1cccc(OCc2n[nH]c(=S)n2/N=C/c2ccc(O)cc2O)c1. The molecule has 0 amide bonds. The minimum absolute atomic E-state index is 0.0352. The number of aromatic nitrogens is 3. The predicted octanol–water partition coefficient (Wildman–Crippen LogP) is 2.82. The molecule has 3 aromatic rings. The molecule has 0 atom stereocenters. The third kappa shape index (κ3) is 4.01. The van der Waals surface area contributed by atoms with E-state index in [1.807, 2.05) is 12.1 Å². The average molecular weight is 372 g/mol. The quantitative estimate of drug-likeness (QED) is 0.454. The number of phenols is 2. The van der Waals surface area contributed by atoms with E-state index in [9.17, 15) is 10.2 Å². The number of methoxy groups -OCH3 is 1. The smallest absolute Gasteiger partial charge is 0.216 e. The second kappa shape index (κ2) is 7.70. The summed E-state index contributed by atoms with van der Waals surface area (Å²) in [7, 11) is 1.58. The van der Waals surface area contributed by atoms with E-state index in [1.54, 1.807) is 19.2 Å². The molecule has 0 aliphatic carbocycles. The number of hydrogen-bond donors (Lipinski definition) is 3. The summed E-state index contributed by atoms with van der Waals surface area (Å²) in [5.41, 5.74) is 0.422. The van der Waals surface area contributed by atoms with Gasteiger partial charge in [-0.3, -0.25) is 0 Å². The van der Waals surface area contributed by atoms with Crippen molar-refractivity contribution in [2.75, 3.05) is 7.11 Å². The molecule has 0 fully saturated rings. The van der Waals surface area contributed by atoms with E-state index in [-0.39, 0.29) is 22.9 Å². The van der Waals surface area contributed by atoms with Gasteiger partial charge in [-0.1, -0.05) is 6.07 Å². The van der Waals surface area contributed by atoms with Crippen LogP contribution >= 0.6 is 12.2 Å². The van der Waals surface area contributed by atoms with Crippen LogP contribution in [0.25, 0.3) is 0 Å². The van der Waals surface area contributed by atoms with Crippen molar-refractivity contribution < 1.29 is 19.7 Å².